The summed E-state index contributed by atoms with van der Waals surface area (Å²) >= 11 is 0. The summed E-state index contributed by atoms with van der Waals surface area (Å²) in [7, 11) is -3.49. The average Bonchev–Trinajstić information content (AvgIpc) is 2.39. The van der Waals surface area contributed by atoms with Gasteiger partial charge in [0.1, 0.15) is 0 Å². The van der Waals surface area contributed by atoms with Crippen molar-refractivity contribution in [3.05, 3.63) is 0 Å². The van der Waals surface area contributed by atoms with Crippen molar-refractivity contribution in [2.45, 2.75) is 39.0 Å². The molecule has 0 saturated carbocycles. The summed E-state index contributed by atoms with van der Waals surface area (Å²) in [6, 6.07) is 0.00939. The number of rotatable bonds is 7. The number of ether oxygens (including phenoxy) is 1. The highest BCUT2D eigenvalue weighted by Gasteiger charge is 2.54. The van der Waals surface area contributed by atoms with Gasteiger partial charge in [-0.2, -0.15) is 0 Å². The minimum absolute atomic E-state index is 0.00939. The van der Waals surface area contributed by atoms with Gasteiger partial charge in [0.25, 0.3) is 0 Å². The molecule has 0 amide bonds. The minimum atomic E-state index is -3.49. The summed E-state index contributed by atoms with van der Waals surface area (Å²) in [5.74, 6) is 0.294. The highest BCUT2D eigenvalue weighted by atomic mass is 31.2. The summed E-state index contributed by atoms with van der Waals surface area (Å²) < 4.78 is 29.2. The molecule has 1 aliphatic rings. The van der Waals surface area contributed by atoms with Crippen LogP contribution >= 0.6 is 7.60 Å². The van der Waals surface area contributed by atoms with Gasteiger partial charge >= 0.3 is 7.60 Å². The lowest BCUT2D eigenvalue weighted by Gasteiger charge is -2.44. The van der Waals surface area contributed by atoms with Crippen molar-refractivity contribution in [3.63, 3.8) is 0 Å². The lowest BCUT2D eigenvalue weighted by Crippen LogP contribution is -2.62. The van der Waals surface area contributed by atoms with Crippen molar-refractivity contribution in [1.82, 2.24) is 5.32 Å². The Labute approximate surface area is 115 Å². The second kappa shape index (κ2) is 7.16. The molecule has 7 heteroatoms. The van der Waals surface area contributed by atoms with E-state index in [0.29, 0.717) is 12.5 Å². The largest absolute Gasteiger partial charge is 0.394 e. The molecule has 1 fully saturated rings. The number of nitrogens with one attached hydrogen (secondary N) is 1. The molecule has 0 aromatic heterocycles. The van der Waals surface area contributed by atoms with Crippen molar-refractivity contribution in [2.75, 3.05) is 33.0 Å². The molecule has 1 unspecified atom stereocenters. The van der Waals surface area contributed by atoms with Crippen molar-refractivity contribution in [2.24, 2.45) is 5.92 Å². The molecule has 2 atom stereocenters. The van der Waals surface area contributed by atoms with Gasteiger partial charge in [-0.25, -0.2) is 0 Å². The minimum Gasteiger partial charge on any atom is -0.394 e. The van der Waals surface area contributed by atoms with Crippen LogP contribution in [0.1, 0.15) is 27.7 Å². The van der Waals surface area contributed by atoms with Crippen LogP contribution in [-0.4, -0.2) is 49.5 Å². The number of hydrogen-bond donors (Lipinski definition) is 2. The Kier molecular flexibility index (Phi) is 6.43. The fourth-order valence-corrected chi connectivity index (χ4v) is 4.10. The van der Waals surface area contributed by atoms with E-state index in [0.717, 1.165) is 0 Å². The molecule has 1 saturated heterocycles. The summed E-state index contributed by atoms with van der Waals surface area (Å²) in [5.41, 5.74) is 0. The smallest absolute Gasteiger partial charge is 0.355 e. The lowest BCUT2D eigenvalue weighted by molar-refractivity contribution is -0.0157. The third-order valence-corrected chi connectivity index (χ3v) is 5.93. The molecule has 0 spiro atoms. The van der Waals surface area contributed by atoms with Crippen LogP contribution in [0.4, 0.5) is 0 Å². The quantitative estimate of drug-likeness (QED) is 0.695. The number of morpholine rings is 1. The van der Waals surface area contributed by atoms with E-state index in [1.807, 2.05) is 13.8 Å². The average molecular weight is 295 g/mol. The molecule has 19 heavy (non-hydrogen) atoms. The number of aliphatic hydroxyl groups is 1. The van der Waals surface area contributed by atoms with Gasteiger partial charge in [0.2, 0.25) is 0 Å². The van der Waals surface area contributed by atoms with Crippen LogP contribution in [0.15, 0.2) is 0 Å². The fourth-order valence-electron chi connectivity index (χ4n) is 2.10. The number of hydrogen-bond acceptors (Lipinski definition) is 6. The lowest BCUT2D eigenvalue weighted by atomic mass is 10.0. The second-order valence-electron chi connectivity index (χ2n) is 5.03. The standard InChI is InChI=1S/C12H26NO5P/c1-5-17-19(15,18-6-2)12(8-14)9-16-7-11(13-12)10(3)4/h10-11,13-14H,5-9H2,1-4H3/t11-,12?/m0/s1. The Balaban J connectivity index is 3.02. The Morgan fingerprint density at radius 2 is 2.00 bits per heavy atom. The maximum atomic E-state index is 12.9. The molecule has 6 nitrogen and oxygen atoms in total. The van der Waals surface area contributed by atoms with Gasteiger partial charge in [0.15, 0.2) is 5.28 Å². The van der Waals surface area contributed by atoms with E-state index < -0.39 is 12.9 Å². The Morgan fingerprint density at radius 3 is 2.42 bits per heavy atom. The van der Waals surface area contributed by atoms with Crippen LogP contribution in [0.25, 0.3) is 0 Å². The highest BCUT2D eigenvalue weighted by molar-refractivity contribution is 7.55. The first-order valence-electron chi connectivity index (χ1n) is 6.80. The molecule has 0 aromatic rings. The highest BCUT2D eigenvalue weighted by Crippen LogP contribution is 2.59. The van der Waals surface area contributed by atoms with E-state index in [4.69, 9.17) is 13.8 Å². The first-order chi connectivity index (χ1) is 8.94. The van der Waals surface area contributed by atoms with E-state index in [9.17, 15) is 9.67 Å². The van der Waals surface area contributed by atoms with Crippen LogP contribution in [-0.2, 0) is 18.3 Å². The monoisotopic (exact) mass is 295 g/mol. The molecule has 0 aromatic carbocycles. The zero-order valence-corrected chi connectivity index (χ0v) is 13.1. The Morgan fingerprint density at radius 1 is 1.42 bits per heavy atom. The molecule has 1 aliphatic heterocycles. The first-order valence-corrected chi connectivity index (χ1v) is 8.34. The van der Waals surface area contributed by atoms with E-state index >= 15 is 0 Å². The Bertz CT molecular complexity index is 315. The predicted molar refractivity (Wildman–Crippen MR) is 73.3 cm³/mol. The first kappa shape index (κ1) is 17.1. The van der Waals surface area contributed by atoms with Crippen molar-refractivity contribution in [1.29, 1.82) is 0 Å². The molecular weight excluding hydrogens is 269 g/mol. The van der Waals surface area contributed by atoms with Crippen molar-refractivity contribution < 1.29 is 23.5 Å². The van der Waals surface area contributed by atoms with Gasteiger partial charge in [0, 0.05) is 6.04 Å². The summed E-state index contributed by atoms with van der Waals surface area (Å²) in [5, 5.41) is 11.8. The van der Waals surface area contributed by atoms with Crippen molar-refractivity contribution in [3.8, 4) is 0 Å². The van der Waals surface area contributed by atoms with Gasteiger partial charge in [0.05, 0.1) is 33.0 Å². The van der Waals surface area contributed by atoms with E-state index in [1.165, 1.54) is 0 Å². The zero-order chi connectivity index (χ0) is 14.5. The van der Waals surface area contributed by atoms with E-state index in [1.54, 1.807) is 13.8 Å². The normalized spacial score (nSPS) is 28.8. The third-order valence-electron chi connectivity index (χ3n) is 3.28. The molecule has 0 bridgehead atoms. The van der Waals surface area contributed by atoms with Gasteiger partial charge in [-0.3, -0.25) is 9.88 Å². The van der Waals surface area contributed by atoms with Crippen LogP contribution < -0.4 is 5.32 Å². The van der Waals surface area contributed by atoms with Gasteiger partial charge in [-0.15, -0.1) is 0 Å². The summed E-state index contributed by atoms with van der Waals surface area (Å²) in [6.45, 7) is 8.39. The van der Waals surface area contributed by atoms with Gasteiger partial charge in [-0.05, 0) is 19.8 Å². The maximum absolute atomic E-state index is 12.9. The SMILES string of the molecule is CCOP(=O)(OCC)C1(CO)COC[C@@H](C(C)C)N1. The van der Waals surface area contributed by atoms with Crippen LogP contribution in [0.2, 0.25) is 0 Å². The van der Waals surface area contributed by atoms with Crippen molar-refractivity contribution >= 4 is 7.60 Å². The molecule has 1 rings (SSSR count). The third kappa shape index (κ3) is 3.57. The predicted octanol–water partition coefficient (Wildman–Crippen LogP) is 1.59. The molecule has 114 valence electrons. The topological polar surface area (TPSA) is 77.0 Å². The Hall–Kier alpha value is 0.0300. The van der Waals surface area contributed by atoms with Crippen LogP contribution in [0, 0.1) is 5.92 Å². The molecule has 1 heterocycles. The van der Waals surface area contributed by atoms with E-state index in [2.05, 4.69) is 5.32 Å². The molecular formula is C12H26NO5P. The second-order valence-corrected chi connectivity index (χ2v) is 7.40. The molecule has 0 radical (unpaired) electrons. The number of aliphatic hydroxyl groups excluding tert-OH is 1. The summed E-state index contributed by atoms with van der Waals surface area (Å²) in [4.78, 5) is 0. The van der Waals surface area contributed by atoms with Crippen LogP contribution in [0.3, 0.4) is 0 Å². The molecule has 2 N–H and O–H groups in total. The van der Waals surface area contributed by atoms with Crippen LogP contribution in [0.5, 0.6) is 0 Å². The van der Waals surface area contributed by atoms with Gasteiger partial charge < -0.3 is 18.9 Å². The van der Waals surface area contributed by atoms with E-state index in [-0.39, 0.29) is 32.5 Å². The van der Waals surface area contributed by atoms with Gasteiger partial charge in [-0.1, -0.05) is 13.8 Å². The maximum Gasteiger partial charge on any atom is 0.355 e. The molecule has 0 aliphatic carbocycles. The zero-order valence-electron chi connectivity index (χ0n) is 12.2. The fraction of sp³-hybridized carbons (Fsp3) is 1.00. The summed E-state index contributed by atoms with van der Waals surface area (Å²) in [6.07, 6.45) is 0.